The standard InChI is InChI=1S/C8H13ClN2/c1-3-8-7(4-5-9)6(2)10-11-8/h3-5H2,1-2H3,(H,10,11). The molecule has 1 heterocycles. The van der Waals surface area contributed by atoms with Gasteiger partial charge < -0.3 is 0 Å². The first-order valence-electron chi connectivity index (χ1n) is 3.88. The number of rotatable bonds is 3. The van der Waals surface area contributed by atoms with E-state index in [2.05, 4.69) is 17.1 Å². The molecule has 0 unspecified atom stereocenters. The lowest BCUT2D eigenvalue weighted by Crippen LogP contribution is -1.92. The van der Waals surface area contributed by atoms with Crippen molar-refractivity contribution in [3.8, 4) is 0 Å². The number of nitrogens with one attached hydrogen (secondary N) is 1. The van der Waals surface area contributed by atoms with Crippen molar-refractivity contribution in [3.63, 3.8) is 0 Å². The molecular formula is C8H13ClN2. The summed E-state index contributed by atoms with van der Waals surface area (Å²) in [5.41, 5.74) is 3.60. The van der Waals surface area contributed by atoms with Crippen LogP contribution in [-0.2, 0) is 12.8 Å². The zero-order valence-electron chi connectivity index (χ0n) is 6.95. The van der Waals surface area contributed by atoms with Crippen LogP contribution in [-0.4, -0.2) is 16.1 Å². The summed E-state index contributed by atoms with van der Waals surface area (Å²) < 4.78 is 0. The van der Waals surface area contributed by atoms with Crippen LogP contribution in [0.1, 0.15) is 23.9 Å². The molecule has 0 aliphatic carbocycles. The maximum absolute atomic E-state index is 5.65. The molecule has 0 spiro atoms. The molecule has 1 rings (SSSR count). The number of aromatic nitrogens is 2. The van der Waals surface area contributed by atoms with E-state index in [4.69, 9.17) is 11.6 Å². The molecule has 0 amide bonds. The van der Waals surface area contributed by atoms with Gasteiger partial charge in [-0.1, -0.05) is 6.92 Å². The molecule has 0 fully saturated rings. The first-order valence-corrected chi connectivity index (χ1v) is 4.41. The Hall–Kier alpha value is -0.500. The van der Waals surface area contributed by atoms with E-state index in [0.29, 0.717) is 5.88 Å². The normalized spacial score (nSPS) is 10.5. The number of hydrogen-bond acceptors (Lipinski definition) is 1. The Morgan fingerprint density at radius 2 is 2.27 bits per heavy atom. The highest BCUT2D eigenvalue weighted by molar-refractivity contribution is 6.18. The molecule has 0 atom stereocenters. The lowest BCUT2D eigenvalue weighted by molar-refractivity contribution is 0.953. The van der Waals surface area contributed by atoms with Gasteiger partial charge in [0.25, 0.3) is 0 Å². The molecule has 1 aromatic rings. The quantitative estimate of drug-likeness (QED) is 0.695. The largest absolute Gasteiger partial charge is 0.282 e. The highest BCUT2D eigenvalue weighted by Crippen LogP contribution is 2.11. The summed E-state index contributed by atoms with van der Waals surface area (Å²) in [6.45, 7) is 4.14. The van der Waals surface area contributed by atoms with Crippen molar-refractivity contribution in [3.05, 3.63) is 17.0 Å². The van der Waals surface area contributed by atoms with Gasteiger partial charge in [0.05, 0.1) is 5.69 Å². The molecule has 2 nitrogen and oxygen atoms in total. The molecule has 0 saturated carbocycles. The van der Waals surface area contributed by atoms with E-state index >= 15 is 0 Å². The fraction of sp³-hybridized carbons (Fsp3) is 0.625. The summed E-state index contributed by atoms with van der Waals surface area (Å²) in [4.78, 5) is 0. The summed E-state index contributed by atoms with van der Waals surface area (Å²) in [5.74, 6) is 0.674. The van der Waals surface area contributed by atoms with Gasteiger partial charge in [0.2, 0.25) is 0 Å². The Morgan fingerprint density at radius 3 is 2.82 bits per heavy atom. The zero-order chi connectivity index (χ0) is 8.27. The molecule has 0 aromatic carbocycles. The van der Waals surface area contributed by atoms with Gasteiger partial charge in [-0.25, -0.2) is 0 Å². The van der Waals surface area contributed by atoms with Crippen LogP contribution in [0, 0.1) is 6.92 Å². The zero-order valence-corrected chi connectivity index (χ0v) is 7.70. The van der Waals surface area contributed by atoms with Gasteiger partial charge in [0.1, 0.15) is 0 Å². The van der Waals surface area contributed by atoms with Crippen LogP contribution in [0.15, 0.2) is 0 Å². The number of H-pyrrole nitrogens is 1. The van der Waals surface area contributed by atoms with Gasteiger partial charge in [-0.2, -0.15) is 5.10 Å². The van der Waals surface area contributed by atoms with Gasteiger partial charge in [0.15, 0.2) is 0 Å². The van der Waals surface area contributed by atoms with Crippen molar-refractivity contribution in [2.45, 2.75) is 26.7 Å². The Bertz CT molecular complexity index is 230. The summed E-state index contributed by atoms with van der Waals surface area (Å²) in [5, 5.41) is 7.13. The third-order valence-electron chi connectivity index (χ3n) is 1.84. The van der Waals surface area contributed by atoms with E-state index in [-0.39, 0.29) is 0 Å². The Morgan fingerprint density at radius 1 is 1.55 bits per heavy atom. The van der Waals surface area contributed by atoms with Gasteiger partial charge in [-0.05, 0) is 25.3 Å². The molecular weight excluding hydrogens is 160 g/mol. The maximum atomic E-state index is 5.65. The molecule has 0 bridgehead atoms. The predicted octanol–water partition coefficient (Wildman–Crippen LogP) is 2.06. The minimum absolute atomic E-state index is 0.674. The van der Waals surface area contributed by atoms with Crippen molar-refractivity contribution in [1.82, 2.24) is 10.2 Å². The number of hydrogen-bond donors (Lipinski definition) is 1. The van der Waals surface area contributed by atoms with Crippen molar-refractivity contribution in [1.29, 1.82) is 0 Å². The maximum Gasteiger partial charge on any atom is 0.0654 e. The van der Waals surface area contributed by atoms with Crippen LogP contribution < -0.4 is 0 Å². The van der Waals surface area contributed by atoms with Crippen LogP contribution in [0.4, 0.5) is 0 Å². The topological polar surface area (TPSA) is 28.7 Å². The minimum Gasteiger partial charge on any atom is -0.282 e. The van der Waals surface area contributed by atoms with E-state index in [0.717, 1.165) is 24.2 Å². The van der Waals surface area contributed by atoms with Crippen LogP contribution in [0.5, 0.6) is 0 Å². The van der Waals surface area contributed by atoms with E-state index in [1.807, 2.05) is 6.92 Å². The third-order valence-corrected chi connectivity index (χ3v) is 2.03. The predicted molar refractivity (Wildman–Crippen MR) is 47.1 cm³/mol. The highest BCUT2D eigenvalue weighted by Gasteiger charge is 2.06. The molecule has 0 saturated heterocycles. The van der Waals surface area contributed by atoms with E-state index in [1.54, 1.807) is 0 Å². The Balaban J connectivity index is 2.88. The molecule has 0 aliphatic heterocycles. The summed E-state index contributed by atoms with van der Waals surface area (Å²) in [6, 6.07) is 0. The second-order valence-electron chi connectivity index (χ2n) is 2.57. The molecule has 3 heteroatoms. The minimum atomic E-state index is 0.674. The first-order chi connectivity index (χ1) is 5.29. The Labute approximate surface area is 72.0 Å². The van der Waals surface area contributed by atoms with Crippen LogP contribution in [0.25, 0.3) is 0 Å². The van der Waals surface area contributed by atoms with E-state index in [1.165, 1.54) is 5.56 Å². The van der Waals surface area contributed by atoms with Gasteiger partial charge >= 0.3 is 0 Å². The fourth-order valence-corrected chi connectivity index (χ4v) is 1.41. The van der Waals surface area contributed by atoms with Gasteiger partial charge in [0, 0.05) is 11.6 Å². The fourth-order valence-electron chi connectivity index (χ4n) is 1.22. The number of halogens is 1. The lowest BCUT2D eigenvalue weighted by atomic mass is 10.1. The Kier molecular flexibility index (Phi) is 2.94. The highest BCUT2D eigenvalue weighted by atomic mass is 35.5. The number of nitrogens with zero attached hydrogens (tertiary/aromatic N) is 1. The SMILES string of the molecule is CCc1n[nH]c(C)c1CCCl. The second-order valence-corrected chi connectivity index (χ2v) is 2.94. The summed E-state index contributed by atoms with van der Waals surface area (Å²) >= 11 is 5.65. The van der Waals surface area contributed by atoms with Gasteiger partial charge in [-0.3, -0.25) is 5.10 Å². The molecule has 62 valence electrons. The van der Waals surface area contributed by atoms with E-state index in [9.17, 15) is 0 Å². The van der Waals surface area contributed by atoms with Crippen LogP contribution in [0.3, 0.4) is 0 Å². The van der Waals surface area contributed by atoms with E-state index < -0.39 is 0 Å². The van der Waals surface area contributed by atoms with Crippen molar-refractivity contribution >= 4 is 11.6 Å². The number of aromatic amines is 1. The smallest absolute Gasteiger partial charge is 0.0654 e. The van der Waals surface area contributed by atoms with Crippen LogP contribution >= 0.6 is 11.6 Å². The molecule has 0 aliphatic rings. The molecule has 0 radical (unpaired) electrons. The molecule has 1 aromatic heterocycles. The van der Waals surface area contributed by atoms with Crippen LogP contribution in [0.2, 0.25) is 0 Å². The van der Waals surface area contributed by atoms with Crippen molar-refractivity contribution in [2.24, 2.45) is 0 Å². The molecule has 11 heavy (non-hydrogen) atoms. The second kappa shape index (κ2) is 3.77. The average Bonchev–Trinajstić information content (AvgIpc) is 2.34. The lowest BCUT2D eigenvalue weighted by Gasteiger charge is -1.96. The first kappa shape index (κ1) is 8.60. The average molecular weight is 173 g/mol. The van der Waals surface area contributed by atoms with Crippen molar-refractivity contribution < 1.29 is 0 Å². The monoisotopic (exact) mass is 172 g/mol. The van der Waals surface area contributed by atoms with Crippen molar-refractivity contribution in [2.75, 3.05) is 5.88 Å². The number of aryl methyl sites for hydroxylation is 2. The third kappa shape index (κ3) is 1.74. The summed E-state index contributed by atoms with van der Waals surface area (Å²) in [6.07, 6.45) is 1.91. The number of alkyl halides is 1. The van der Waals surface area contributed by atoms with Gasteiger partial charge in [-0.15, -0.1) is 11.6 Å². The summed E-state index contributed by atoms with van der Waals surface area (Å²) in [7, 11) is 0. The molecule has 1 N–H and O–H groups in total.